The minimum atomic E-state index is 0.777. The first-order valence-electron chi connectivity index (χ1n) is 4.69. The molecule has 1 aromatic rings. The number of fused-ring (bicyclic) bond motifs is 3. The van der Waals surface area contributed by atoms with Crippen LogP contribution in [-0.2, 0) is 0 Å². The molecule has 0 aliphatic carbocycles. The van der Waals surface area contributed by atoms with Gasteiger partial charge >= 0.3 is 0 Å². The van der Waals surface area contributed by atoms with E-state index in [0.717, 1.165) is 41.9 Å². The maximum absolute atomic E-state index is 5.97. The Morgan fingerprint density at radius 3 is 3.29 bits per heavy atom. The fourth-order valence-corrected chi connectivity index (χ4v) is 2.12. The molecular formula is C10H10ClN3. The van der Waals surface area contributed by atoms with Gasteiger partial charge in [0.25, 0.3) is 0 Å². The van der Waals surface area contributed by atoms with Gasteiger partial charge in [-0.25, -0.2) is 0 Å². The molecule has 1 N–H and O–H groups in total. The van der Waals surface area contributed by atoms with E-state index >= 15 is 0 Å². The van der Waals surface area contributed by atoms with E-state index in [1.165, 1.54) is 0 Å². The minimum Gasteiger partial charge on any atom is -0.376 e. The molecule has 0 saturated carbocycles. The number of aliphatic imine (C=N–C) groups is 1. The number of hydrogen-bond acceptors (Lipinski definition) is 3. The molecule has 3 nitrogen and oxygen atoms in total. The molecule has 0 aromatic heterocycles. The van der Waals surface area contributed by atoms with Crippen molar-refractivity contribution in [1.82, 2.24) is 0 Å². The molecule has 2 aliphatic heterocycles. The van der Waals surface area contributed by atoms with Crippen LogP contribution in [0.5, 0.6) is 0 Å². The number of hydrogen-bond donors (Lipinski definition) is 1. The third-order valence-electron chi connectivity index (χ3n) is 2.62. The second-order valence-corrected chi connectivity index (χ2v) is 3.90. The molecule has 14 heavy (non-hydrogen) atoms. The summed E-state index contributed by atoms with van der Waals surface area (Å²) in [5.41, 5.74) is 2.30. The molecule has 0 saturated heterocycles. The SMILES string of the molecule is Clc1ccc2c(c1)N1CCN=C1CN2. The van der Waals surface area contributed by atoms with Crippen molar-refractivity contribution in [3.63, 3.8) is 0 Å². The van der Waals surface area contributed by atoms with Crippen molar-refractivity contribution in [2.75, 3.05) is 29.9 Å². The fraction of sp³-hybridized carbons (Fsp3) is 0.300. The third-order valence-corrected chi connectivity index (χ3v) is 2.85. The largest absolute Gasteiger partial charge is 0.376 e. The maximum Gasteiger partial charge on any atom is 0.123 e. The molecule has 0 radical (unpaired) electrons. The number of nitrogens with one attached hydrogen (secondary N) is 1. The van der Waals surface area contributed by atoms with E-state index in [-0.39, 0.29) is 0 Å². The minimum absolute atomic E-state index is 0.777. The monoisotopic (exact) mass is 207 g/mol. The standard InChI is InChI=1S/C10H10ClN3/c11-7-1-2-8-9(5-7)14-4-3-12-10(14)6-13-8/h1-2,5,13H,3-4,6H2. The van der Waals surface area contributed by atoms with E-state index in [0.29, 0.717) is 0 Å². The van der Waals surface area contributed by atoms with E-state index in [9.17, 15) is 0 Å². The van der Waals surface area contributed by atoms with E-state index in [4.69, 9.17) is 11.6 Å². The summed E-state index contributed by atoms with van der Waals surface area (Å²) < 4.78 is 0. The zero-order chi connectivity index (χ0) is 9.54. The fourth-order valence-electron chi connectivity index (χ4n) is 1.96. The lowest BCUT2D eigenvalue weighted by molar-refractivity contribution is 1.01. The molecule has 72 valence electrons. The Kier molecular flexibility index (Phi) is 1.67. The molecule has 1 aromatic carbocycles. The summed E-state index contributed by atoms with van der Waals surface area (Å²) in [6, 6.07) is 5.92. The van der Waals surface area contributed by atoms with Crippen molar-refractivity contribution in [3.8, 4) is 0 Å². The Bertz CT molecular complexity index is 414. The highest BCUT2D eigenvalue weighted by atomic mass is 35.5. The zero-order valence-electron chi connectivity index (χ0n) is 7.63. The van der Waals surface area contributed by atoms with Crippen LogP contribution in [0.1, 0.15) is 0 Å². The Balaban J connectivity index is 2.13. The van der Waals surface area contributed by atoms with Gasteiger partial charge in [-0.1, -0.05) is 11.6 Å². The van der Waals surface area contributed by atoms with Crippen LogP contribution in [0.15, 0.2) is 23.2 Å². The number of amidine groups is 1. The van der Waals surface area contributed by atoms with Crippen molar-refractivity contribution < 1.29 is 0 Å². The number of nitrogens with zero attached hydrogens (tertiary/aromatic N) is 2. The summed E-state index contributed by atoms with van der Waals surface area (Å²) in [6.07, 6.45) is 0. The van der Waals surface area contributed by atoms with Gasteiger partial charge in [-0.3, -0.25) is 4.99 Å². The topological polar surface area (TPSA) is 27.6 Å². The predicted molar refractivity (Wildman–Crippen MR) is 59.6 cm³/mol. The van der Waals surface area contributed by atoms with Crippen LogP contribution < -0.4 is 10.2 Å². The van der Waals surface area contributed by atoms with E-state index in [1.54, 1.807) is 0 Å². The van der Waals surface area contributed by atoms with Gasteiger partial charge in [0.2, 0.25) is 0 Å². The summed E-state index contributed by atoms with van der Waals surface area (Å²) in [7, 11) is 0. The highest BCUT2D eigenvalue weighted by Crippen LogP contribution is 2.33. The molecule has 3 rings (SSSR count). The van der Waals surface area contributed by atoms with Crippen molar-refractivity contribution in [2.45, 2.75) is 0 Å². The quantitative estimate of drug-likeness (QED) is 0.705. The maximum atomic E-state index is 5.97. The lowest BCUT2D eigenvalue weighted by Gasteiger charge is -2.29. The molecular weight excluding hydrogens is 198 g/mol. The molecule has 4 heteroatoms. The summed E-state index contributed by atoms with van der Waals surface area (Å²) in [6.45, 7) is 2.70. The van der Waals surface area contributed by atoms with Gasteiger partial charge < -0.3 is 10.2 Å². The van der Waals surface area contributed by atoms with Crippen LogP contribution in [0.25, 0.3) is 0 Å². The van der Waals surface area contributed by atoms with Crippen molar-refractivity contribution in [2.24, 2.45) is 4.99 Å². The van der Waals surface area contributed by atoms with Crippen LogP contribution in [-0.4, -0.2) is 25.5 Å². The van der Waals surface area contributed by atoms with Crippen LogP contribution in [0, 0.1) is 0 Å². The normalized spacial score (nSPS) is 18.4. The Hall–Kier alpha value is -1.22. The molecule has 2 heterocycles. The predicted octanol–water partition coefficient (Wildman–Crippen LogP) is 1.98. The van der Waals surface area contributed by atoms with Crippen molar-refractivity contribution in [1.29, 1.82) is 0 Å². The molecule has 2 aliphatic rings. The Morgan fingerprint density at radius 2 is 2.36 bits per heavy atom. The molecule has 0 atom stereocenters. The molecule has 0 amide bonds. The second kappa shape index (κ2) is 2.89. The first-order valence-corrected chi connectivity index (χ1v) is 5.07. The second-order valence-electron chi connectivity index (χ2n) is 3.46. The average Bonchev–Trinajstić information content (AvgIpc) is 2.65. The molecule has 0 fully saturated rings. The first-order chi connectivity index (χ1) is 6.84. The van der Waals surface area contributed by atoms with E-state index in [2.05, 4.69) is 15.2 Å². The van der Waals surface area contributed by atoms with Crippen molar-refractivity contribution >= 4 is 28.8 Å². The van der Waals surface area contributed by atoms with Crippen LogP contribution >= 0.6 is 11.6 Å². The van der Waals surface area contributed by atoms with Gasteiger partial charge in [-0.2, -0.15) is 0 Å². The Morgan fingerprint density at radius 1 is 1.43 bits per heavy atom. The lowest BCUT2D eigenvalue weighted by atomic mass is 10.2. The van der Waals surface area contributed by atoms with E-state index in [1.807, 2.05) is 18.2 Å². The van der Waals surface area contributed by atoms with Gasteiger partial charge in [0.1, 0.15) is 5.84 Å². The Labute approximate surface area is 87.4 Å². The van der Waals surface area contributed by atoms with Gasteiger partial charge in [-0.05, 0) is 18.2 Å². The summed E-state index contributed by atoms with van der Waals surface area (Å²) in [5, 5.41) is 4.11. The average molecular weight is 208 g/mol. The molecule has 0 bridgehead atoms. The van der Waals surface area contributed by atoms with E-state index < -0.39 is 0 Å². The highest BCUT2D eigenvalue weighted by Gasteiger charge is 2.25. The summed E-state index contributed by atoms with van der Waals surface area (Å²) in [4.78, 5) is 6.66. The molecule has 0 spiro atoms. The van der Waals surface area contributed by atoms with Gasteiger partial charge in [0.15, 0.2) is 0 Å². The first kappa shape index (κ1) is 8.12. The van der Waals surface area contributed by atoms with Crippen LogP contribution in [0.3, 0.4) is 0 Å². The third kappa shape index (κ3) is 1.09. The van der Waals surface area contributed by atoms with Gasteiger partial charge in [0, 0.05) is 11.6 Å². The van der Waals surface area contributed by atoms with Crippen LogP contribution in [0.4, 0.5) is 11.4 Å². The van der Waals surface area contributed by atoms with Crippen LogP contribution in [0.2, 0.25) is 5.02 Å². The van der Waals surface area contributed by atoms with Gasteiger partial charge in [0.05, 0.1) is 24.5 Å². The zero-order valence-corrected chi connectivity index (χ0v) is 8.38. The summed E-state index contributed by atoms with van der Waals surface area (Å²) >= 11 is 5.97. The number of rotatable bonds is 0. The van der Waals surface area contributed by atoms with Gasteiger partial charge in [-0.15, -0.1) is 0 Å². The number of anilines is 2. The van der Waals surface area contributed by atoms with Crippen molar-refractivity contribution in [3.05, 3.63) is 23.2 Å². The molecule has 0 unspecified atom stereocenters. The number of halogens is 1. The number of benzene rings is 1. The smallest absolute Gasteiger partial charge is 0.123 e. The summed E-state index contributed by atoms with van der Waals surface area (Å²) in [5.74, 6) is 1.12. The lowest BCUT2D eigenvalue weighted by Crippen LogP contribution is -2.37. The highest BCUT2D eigenvalue weighted by molar-refractivity contribution is 6.31.